The Morgan fingerprint density at radius 3 is 2.03 bits per heavy atom. The predicted molar refractivity (Wildman–Crippen MR) is 146 cm³/mol. The lowest BCUT2D eigenvalue weighted by atomic mass is 9.77. The molecule has 0 unspecified atom stereocenters. The van der Waals surface area contributed by atoms with E-state index in [0.717, 1.165) is 11.5 Å². The van der Waals surface area contributed by atoms with Crippen LogP contribution < -0.4 is 4.74 Å². The van der Waals surface area contributed by atoms with Gasteiger partial charge in [-0.05, 0) is 91.2 Å². The Bertz CT molecular complexity index is 1080. The summed E-state index contributed by atoms with van der Waals surface area (Å²) in [6, 6.07) is 20.7. The molecule has 0 aliphatic heterocycles. The Morgan fingerprint density at radius 1 is 0.722 bits per heavy atom. The highest BCUT2D eigenvalue weighted by Crippen LogP contribution is 2.38. The van der Waals surface area contributed by atoms with E-state index in [1.54, 1.807) is 13.0 Å². The lowest BCUT2D eigenvalue weighted by Crippen LogP contribution is -2.13. The molecule has 3 aromatic rings. The average molecular weight is 491 g/mol. The van der Waals surface area contributed by atoms with Crippen LogP contribution in [-0.2, 0) is 12.8 Å². The molecule has 0 heterocycles. The zero-order valence-corrected chi connectivity index (χ0v) is 21.9. The van der Waals surface area contributed by atoms with Crippen molar-refractivity contribution in [2.75, 3.05) is 6.61 Å². The predicted octanol–water partition coefficient (Wildman–Crippen LogP) is 9.67. The van der Waals surface area contributed by atoms with Gasteiger partial charge in [-0.25, -0.2) is 4.39 Å². The topological polar surface area (TPSA) is 9.23 Å². The normalized spacial score (nSPS) is 17.8. The van der Waals surface area contributed by atoms with E-state index in [1.165, 1.54) is 74.1 Å². The van der Waals surface area contributed by atoms with Crippen molar-refractivity contribution >= 4 is 0 Å². The fraction of sp³-hybridized carbons (Fsp3) is 0.455. The first-order valence-electron chi connectivity index (χ1n) is 13.9. The van der Waals surface area contributed by atoms with Crippen molar-refractivity contribution in [2.24, 2.45) is 5.92 Å². The van der Waals surface area contributed by atoms with Crippen molar-refractivity contribution in [3.63, 3.8) is 0 Å². The number of hydrogen-bond acceptors (Lipinski definition) is 1. The fourth-order valence-electron chi connectivity index (χ4n) is 5.59. The molecule has 192 valence electrons. The smallest absolute Gasteiger partial charge is 0.200 e. The summed E-state index contributed by atoms with van der Waals surface area (Å²) in [4.78, 5) is 0. The van der Waals surface area contributed by atoms with Gasteiger partial charge in [0.15, 0.2) is 11.6 Å². The minimum absolute atomic E-state index is 0.0239. The molecule has 0 radical (unpaired) electrons. The molecule has 0 aromatic heterocycles. The number of aryl methyl sites for hydroxylation is 2. The van der Waals surface area contributed by atoms with Crippen molar-refractivity contribution in [1.82, 2.24) is 0 Å². The number of ether oxygens (including phenoxy) is 1. The lowest BCUT2D eigenvalue weighted by Gasteiger charge is -2.29. The summed E-state index contributed by atoms with van der Waals surface area (Å²) >= 11 is 0. The second kappa shape index (κ2) is 13.0. The maximum absolute atomic E-state index is 14.4. The monoisotopic (exact) mass is 490 g/mol. The van der Waals surface area contributed by atoms with Crippen molar-refractivity contribution in [1.29, 1.82) is 0 Å². The molecule has 3 aromatic carbocycles. The first-order chi connectivity index (χ1) is 17.6. The van der Waals surface area contributed by atoms with Crippen molar-refractivity contribution in [3.8, 4) is 16.9 Å². The van der Waals surface area contributed by atoms with E-state index in [2.05, 4.69) is 55.5 Å². The number of hydrogen-bond donors (Lipinski definition) is 0. The van der Waals surface area contributed by atoms with Gasteiger partial charge in [0.2, 0.25) is 5.82 Å². The average Bonchev–Trinajstić information content (AvgIpc) is 2.92. The molecule has 0 saturated heterocycles. The Morgan fingerprint density at radius 2 is 1.39 bits per heavy atom. The van der Waals surface area contributed by atoms with Gasteiger partial charge in [0.05, 0.1) is 6.61 Å². The second-order valence-electron chi connectivity index (χ2n) is 10.3. The van der Waals surface area contributed by atoms with E-state index in [1.807, 2.05) is 0 Å². The molecule has 0 bridgehead atoms. The molecule has 36 heavy (non-hydrogen) atoms. The fourth-order valence-corrected chi connectivity index (χ4v) is 5.59. The van der Waals surface area contributed by atoms with Gasteiger partial charge in [-0.3, -0.25) is 0 Å². The molecule has 1 aliphatic rings. The first kappa shape index (κ1) is 26.4. The summed E-state index contributed by atoms with van der Waals surface area (Å²) in [6.45, 7) is 4.35. The molecule has 0 spiro atoms. The number of rotatable bonds is 11. The minimum atomic E-state index is -0.895. The quantitative estimate of drug-likeness (QED) is 0.243. The van der Waals surface area contributed by atoms with E-state index >= 15 is 0 Å². The standard InChI is InChI=1S/C33H40F2O/c1-3-5-6-7-24-8-13-26(14-9-24)28-18-20-29(21-19-28)27-15-10-25(11-16-27)12-17-30-22-23-31(36-4-2)33(35)32(30)34/h10-11,15-16,18-24,26H,3-9,12-14,17H2,1-2H3. The summed E-state index contributed by atoms with van der Waals surface area (Å²) in [5.74, 6) is -0.0766. The maximum Gasteiger partial charge on any atom is 0.200 e. The van der Waals surface area contributed by atoms with Crippen LogP contribution in [-0.4, -0.2) is 6.61 Å². The molecule has 0 N–H and O–H groups in total. The second-order valence-corrected chi connectivity index (χ2v) is 10.3. The summed E-state index contributed by atoms with van der Waals surface area (Å²) in [5.41, 5.74) is 5.37. The van der Waals surface area contributed by atoms with Gasteiger partial charge >= 0.3 is 0 Å². The summed E-state index contributed by atoms with van der Waals surface area (Å²) < 4.78 is 33.6. The van der Waals surface area contributed by atoms with Gasteiger partial charge in [-0.2, -0.15) is 4.39 Å². The minimum Gasteiger partial charge on any atom is -0.491 e. The molecule has 1 aliphatic carbocycles. The summed E-state index contributed by atoms with van der Waals surface area (Å²) in [5, 5.41) is 0. The van der Waals surface area contributed by atoms with Gasteiger partial charge in [0.25, 0.3) is 0 Å². The lowest BCUT2D eigenvalue weighted by molar-refractivity contribution is 0.303. The van der Waals surface area contributed by atoms with Crippen LogP contribution in [0.3, 0.4) is 0 Å². The SMILES string of the molecule is CCCCCC1CCC(c2ccc(-c3ccc(CCc4ccc(OCC)c(F)c4F)cc3)cc2)CC1. The third-order valence-electron chi connectivity index (χ3n) is 7.84. The largest absolute Gasteiger partial charge is 0.491 e. The van der Waals surface area contributed by atoms with Gasteiger partial charge in [-0.1, -0.05) is 87.2 Å². The van der Waals surface area contributed by atoms with Crippen molar-refractivity contribution < 1.29 is 13.5 Å². The molecule has 1 nitrogen and oxygen atoms in total. The highest BCUT2D eigenvalue weighted by Gasteiger charge is 2.22. The Hall–Kier alpha value is -2.68. The van der Waals surface area contributed by atoms with Crippen LogP contribution in [0.2, 0.25) is 0 Å². The molecule has 3 heteroatoms. The van der Waals surface area contributed by atoms with E-state index in [0.29, 0.717) is 30.9 Å². The molecule has 0 amide bonds. The first-order valence-corrected chi connectivity index (χ1v) is 13.9. The molecular weight excluding hydrogens is 450 g/mol. The van der Waals surface area contributed by atoms with E-state index in [4.69, 9.17) is 4.74 Å². The van der Waals surface area contributed by atoms with Crippen LogP contribution in [0.1, 0.15) is 87.8 Å². The van der Waals surface area contributed by atoms with Crippen LogP contribution in [0.25, 0.3) is 11.1 Å². The van der Waals surface area contributed by atoms with Crippen LogP contribution in [0.15, 0.2) is 60.7 Å². The third-order valence-corrected chi connectivity index (χ3v) is 7.84. The zero-order chi connectivity index (χ0) is 25.3. The van der Waals surface area contributed by atoms with Gasteiger partial charge in [0.1, 0.15) is 0 Å². The number of unbranched alkanes of at least 4 members (excludes halogenated alkanes) is 2. The van der Waals surface area contributed by atoms with Crippen LogP contribution >= 0.6 is 0 Å². The molecule has 4 rings (SSSR count). The number of halogens is 2. The van der Waals surface area contributed by atoms with Gasteiger partial charge in [-0.15, -0.1) is 0 Å². The zero-order valence-electron chi connectivity index (χ0n) is 21.9. The molecule has 0 atom stereocenters. The number of benzene rings is 3. The highest BCUT2D eigenvalue weighted by atomic mass is 19.2. The highest BCUT2D eigenvalue weighted by molar-refractivity contribution is 5.64. The molecule has 1 fully saturated rings. The molecule has 1 saturated carbocycles. The summed E-state index contributed by atoms with van der Waals surface area (Å²) in [6.07, 6.45) is 12.0. The Kier molecular flexibility index (Phi) is 9.55. The van der Waals surface area contributed by atoms with E-state index in [-0.39, 0.29) is 5.75 Å². The van der Waals surface area contributed by atoms with Crippen molar-refractivity contribution in [2.45, 2.75) is 84.0 Å². The van der Waals surface area contributed by atoms with Crippen LogP contribution in [0.5, 0.6) is 5.75 Å². The Labute approximate surface area is 215 Å². The van der Waals surface area contributed by atoms with Crippen LogP contribution in [0.4, 0.5) is 8.78 Å². The summed E-state index contributed by atoms with van der Waals surface area (Å²) in [7, 11) is 0. The van der Waals surface area contributed by atoms with E-state index < -0.39 is 11.6 Å². The van der Waals surface area contributed by atoms with Crippen LogP contribution in [0, 0.1) is 17.6 Å². The van der Waals surface area contributed by atoms with Gasteiger partial charge < -0.3 is 4.74 Å². The van der Waals surface area contributed by atoms with E-state index in [9.17, 15) is 8.78 Å². The van der Waals surface area contributed by atoms with Gasteiger partial charge in [0, 0.05) is 0 Å². The van der Waals surface area contributed by atoms with Crippen molar-refractivity contribution in [3.05, 3.63) is 89.0 Å². The molecular formula is C33H40F2O. The maximum atomic E-state index is 14.4. The Balaban J connectivity index is 1.30. The third kappa shape index (κ3) is 6.75.